The van der Waals surface area contributed by atoms with E-state index in [1.807, 2.05) is 76.5 Å². The lowest BCUT2D eigenvalue weighted by Gasteiger charge is -2.24. The van der Waals surface area contributed by atoms with Gasteiger partial charge in [-0.15, -0.1) is 0 Å². The van der Waals surface area contributed by atoms with Crippen molar-refractivity contribution in [2.45, 2.75) is 58.2 Å². The van der Waals surface area contributed by atoms with Gasteiger partial charge in [-0.25, -0.2) is 0 Å². The van der Waals surface area contributed by atoms with Crippen LogP contribution in [-0.4, -0.2) is 53.0 Å². The van der Waals surface area contributed by atoms with Crippen molar-refractivity contribution < 1.29 is 19.4 Å². The van der Waals surface area contributed by atoms with Crippen LogP contribution in [0.25, 0.3) is 0 Å². The molecule has 2 aliphatic rings. The normalized spacial score (nSPS) is 19.6. The maximum absolute atomic E-state index is 12.8. The maximum Gasteiger partial charge on any atom is 0.228 e. The largest absolute Gasteiger partial charge is 0.396 e. The second-order valence-electron chi connectivity index (χ2n) is 11.1. The SMILES string of the molecule is O=C1C(CO)CCCCN1Cc1ccccc1.O=C1C(COCc2ccccc2)CCCCN1Cc1ccccc1. The lowest BCUT2D eigenvalue weighted by atomic mass is 10.0. The van der Waals surface area contributed by atoms with Crippen LogP contribution in [0.1, 0.15) is 55.2 Å². The second-order valence-corrected chi connectivity index (χ2v) is 11.1. The molecule has 0 saturated carbocycles. The summed E-state index contributed by atoms with van der Waals surface area (Å²) in [5, 5.41) is 9.22. The zero-order chi connectivity index (χ0) is 28.7. The Kier molecular flexibility index (Phi) is 12.4. The fraction of sp³-hybridized carbons (Fsp3) is 0.429. The quantitative estimate of drug-likeness (QED) is 0.360. The van der Waals surface area contributed by atoms with Gasteiger partial charge in [0.1, 0.15) is 0 Å². The zero-order valence-corrected chi connectivity index (χ0v) is 24.1. The van der Waals surface area contributed by atoms with Gasteiger partial charge in [0, 0.05) is 26.2 Å². The number of rotatable bonds is 9. The van der Waals surface area contributed by atoms with Gasteiger partial charge in [-0.1, -0.05) is 104 Å². The van der Waals surface area contributed by atoms with E-state index < -0.39 is 0 Å². The van der Waals surface area contributed by atoms with E-state index in [1.165, 1.54) is 5.56 Å². The Hall–Kier alpha value is -3.48. The van der Waals surface area contributed by atoms with Gasteiger partial charge >= 0.3 is 0 Å². The summed E-state index contributed by atoms with van der Waals surface area (Å²) in [5.41, 5.74) is 3.50. The van der Waals surface area contributed by atoms with Gasteiger partial charge in [-0.3, -0.25) is 9.59 Å². The predicted octanol–water partition coefficient (Wildman–Crippen LogP) is 5.84. The van der Waals surface area contributed by atoms with Crippen molar-refractivity contribution in [3.8, 4) is 0 Å². The summed E-state index contributed by atoms with van der Waals surface area (Å²) >= 11 is 0. The zero-order valence-electron chi connectivity index (χ0n) is 24.1. The van der Waals surface area contributed by atoms with Crippen LogP contribution in [0.5, 0.6) is 0 Å². The highest BCUT2D eigenvalue weighted by atomic mass is 16.5. The molecule has 3 aromatic rings. The third kappa shape index (κ3) is 9.83. The van der Waals surface area contributed by atoms with Crippen LogP contribution in [0, 0.1) is 11.8 Å². The van der Waals surface area contributed by atoms with Gasteiger partial charge in [-0.2, -0.15) is 0 Å². The third-order valence-corrected chi connectivity index (χ3v) is 7.87. The lowest BCUT2D eigenvalue weighted by molar-refractivity contribution is -0.138. The number of amides is 2. The number of carbonyl (C=O) groups excluding carboxylic acids is 2. The number of aliphatic hydroxyl groups is 1. The summed E-state index contributed by atoms with van der Waals surface area (Å²) in [4.78, 5) is 28.9. The van der Waals surface area contributed by atoms with E-state index in [4.69, 9.17) is 4.74 Å². The average molecular weight is 557 g/mol. The van der Waals surface area contributed by atoms with E-state index in [-0.39, 0.29) is 30.3 Å². The highest BCUT2D eigenvalue weighted by Gasteiger charge is 2.27. The predicted molar refractivity (Wildman–Crippen MR) is 162 cm³/mol. The molecule has 2 unspecified atom stereocenters. The molecule has 6 heteroatoms. The van der Waals surface area contributed by atoms with Crippen LogP contribution in [0.4, 0.5) is 0 Å². The van der Waals surface area contributed by atoms with Crippen LogP contribution in [0.3, 0.4) is 0 Å². The van der Waals surface area contributed by atoms with Crippen molar-refractivity contribution in [3.05, 3.63) is 108 Å². The van der Waals surface area contributed by atoms with Crippen molar-refractivity contribution >= 4 is 11.8 Å². The number of likely N-dealkylation sites (tertiary alicyclic amines) is 2. The van der Waals surface area contributed by atoms with E-state index in [1.54, 1.807) is 0 Å². The molecule has 0 spiro atoms. The molecule has 6 nitrogen and oxygen atoms in total. The number of benzene rings is 3. The molecule has 218 valence electrons. The molecule has 2 fully saturated rings. The molecule has 0 aliphatic carbocycles. The highest BCUT2D eigenvalue weighted by Crippen LogP contribution is 2.21. The molecule has 0 aromatic heterocycles. The topological polar surface area (TPSA) is 70.1 Å². The molecule has 0 bridgehead atoms. The summed E-state index contributed by atoms with van der Waals surface area (Å²) < 4.78 is 5.84. The molecule has 2 amide bonds. The summed E-state index contributed by atoms with van der Waals surface area (Å²) in [6.45, 7) is 4.09. The first-order valence-electron chi connectivity index (χ1n) is 15.0. The molecule has 41 heavy (non-hydrogen) atoms. The van der Waals surface area contributed by atoms with Gasteiger partial charge < -0.3 is 19.6 Å². The summed E-state index contributed by atoms with van der Waals surface area (Å²) in [6.07, 6.45) is 5.99. The highest BCUT2D eigenvalue weighted by molar-refractivity contribution is 5.79. The van der Waals surface area contributed by atoms with E-state index in [0.717, 1.165) is 62.7 Å². The number of nitrogens with zero attached hydrogens (tertiary/aromatic N) is 2. The number of hydrogen-bond donors (Lipinski definition) is 1. The monoisotopic (exact) mass is 556 g/mol. The fourth-order valence-corrected chi connectivity index (χ4v) is 5.51. The van der Waals surface area contributed by atoms with Crippen LogP contribution < -0.4 is 0 Å². The Morgan fingerprint density at radius 1 is 0.610 bits per heavy atom. The molecule has 3 aromatic carbocycles. The minimum absolute atomic E-state index is 0.0140. The minimum Gasteiger partial charge on any atom is -0.396 e. The molecule has 2 atom stereocenters. The Morgan fingerprint density at radius 2 is 1.05 bits per heavy atom. The van der Waals surface area contributed by atoms with Crippen molar-refractivity contribution in [3.63, 3.8) is 0 Å². The molecule has 2 aliphatic heterocycles. The Balaban J connectivity index is 0.000000201. The molecular formula is C35H44N2O4. The number of hydrogen-bond acceptors (Lipinski definition) is 4. The number of aliphatic hydroxyl groups excluding tert-OH is 1. The Morgan fingerprint density at radius 3 is 1.54 bits per heavy atom. The first-order valence-corrected chi connectivity index (χ1v) is 15.0. The molecule has 1 N–H and O–H groups in total. The number of ether oxygens (including phenoxy) is 1. The van der Waals surface area contributed by atoms with Crippen LogP contribution in [0.15, 0.2) is 91.0 Å². The van der Waals surface area contributed by atoms with Gasteiger partial charge in [0.05, 0.1) is 31.7 Å². The van der Waals surface area contributed by atoms with Crippen LogP contribution >= 0.6 is 0 Å². The Labute approximate surface area is 244 Å². The Bertz CT molecular complexity index is 1170. The third-order valence-electron chi connectivity index (χ3n) is 7.87. The van der Waals surface area contributed by atoms with Crippen molar-refractivity contribution in [2.24, 2.45) is 11.8 Å². The molecule has 0 radical (unpaired) electrons. The smallest absolute Gasteiger partial charge is 0.228 e. The first kappa shape index (κ1) is 30.5. The van der Waals surface area contributed by atoms with Gasteiger partial charge in [0.25, 0.3) is 0 Å². The van der Waals surface area contributed by atoms with E-state index in [9.17, 15) is 14.7 Å². The van der Waals surface area contributed by atoms with Gasteiger partial charge in [0.2, 0.25) is 11.8 Å². The first-order chi connectivity index (χ1) is 20.1. The van der Waals surface area contributed by atoms with Crippen molar-refractivity contribution in [1.82, 2.24) is 9.80 Å². The standard InChI is InChI=1S/C21H25NO2.C14H19NO2/c23-21-20(17-24-16-19-11-5-2-6-12-19)13-7-8-14-22(21)15-18-9-3-1-4-10-18;16-11-13-8-4-5-9-15(14(13)17)10-12-6-2-1-3-7-12/h1-6,9-12,20H,7-8,13-17H2;1-3,6-7,13,16H,4-5,8-11H2. The second kappa shape index (κ2) is 16.7. The van der Waals surface area contributed by atoms with Gasteiger partial charge in [0.15, 0.2) is 0 Å². The van der Waals surface area contributed by atoms with Crippen molar-refractivity contribution in [2.75, 3.05) is 26.3 Å². The molecule has 2 saturated heterocycles. The van der Waals surface area contributed by atoms with Crippen LogP contribution in [0.2, 0.25) is 0 Å². The fourth-order valence-electron chi connectivity index (χ4n) is 5.51. The van der Waals surface area contributed by atoms with Crippen molar-refractivity contribution in [1.29, 1.82) is 0 Å². The lowest BCUT2D eigenvalue weighted by Crippen LogP contribution is -2.36. The van der Waals surface area contributed by atoms with E-state index in [2.05, 4.69) is 24.3 Å². The molecule has 2 heterocycles. The average Bonchev–Trinajstić information content (AvgIpc) is 3.30. The summed E-state index contributed by atoms with van der Waals surface area (Å²) in [6, 6.07) is 30.4. The maximum atomic E-state index is 12.8. The minimum atomic E-state index is -0.193. The van der Waals surface area contributed by atoms with Crippen LogP contribution in [-0.2, 0) is 34.0 Å². The summed E-state index contributed by atoms with van der Waals surface area (Å²) in [7, 11) is 0. The molecular weight excluding hydrogens is 512 g/mol. The number of carbonyl (C=O) groups is 2. The summed E-state index contributed by atoms with van der Waals surface area (Å²) in [5.74, 6) is 0.138. The van der Waals surface area contributed by atoms with Gasteiger partial charge in [-0.05, 0) is 42.4 Å². The van der Waals surface area contributed by atoms with E-state index in [0.29, 0.717) is 26.3 Å². The van der Waals surface area contributed by atoms with E-state index >= 15 is 0 Å². The molecule has 5 rings (SSSR count).